The lowest BCUT2D eigenvalue weighted by molar-refractivity contribution is 0.0926. The highest BCUT2D eigenvalue weighted by Gasteiger charge is 2.37. The van der Waals surface area contributed by atoms with E-state index in [1.165, 1.54) is 12.8 Å². The number of hydrogen-bond acceptors (Lipinski definition) is 6. The number of carbonyl (C=O) groups excluding carboxylic acids is 2. The van der Waals surface area contributed by atoms with E-state index in [0.717, 1.165) is 18.0 Å². The average molecular weight is 473 g/mol. The van der Waals surface area contributed by atoms with Crippen molar-refractivity contribution in [1.29, 1.82) is 0 Å². The van der Waals surface area contributed by atoms with Gasteiger partial charge in [0.1, 0.15) is 18.1 Å². The Balaban J connectivity index is 1.32. The molecule has 1 atom stereocenters. The number of nitrogens with zero attached hydrogens (tertiary/aromatic N) is 2. The molecule has 0 aromatic heterocycles. The van der Waals surface area contributed by atoms with Gasteiger partial charge < -0.3 is 14.2 Å². The van der Waals surface area contributed by atoms with Gasteiger partial charge >= 0.3 is 0 Å². The number of likely N-dealkylation sites (tertiary alicyclic amines) is 1. The smallest absolute Gasteiger partial charge is 0.266 e. The number of amides is 2. The van der Waals surface area contributed by atoms with E-state index in [0.29, 0.717) is 52.5 Å². The van der Waals surface area contributed by atoms with Crippen LogP contribution in [0.1, 0.15) is 40.5 Å². The zero-order valence-electron chi connectivity index (χ0n) is 19.9. The van der Waals surface area contributed by atoms with E-state index in [-0.39, 0.29) is 5.91 Å². The number of methoxy groups -OCH3 is 1. The van der Waals surface area contributed by atoms with E-state index in [9.17, 15) is 9.59 Å². The first-order valence-electron chi connectivity index (χ1n) is 11.9. The van der Waals surface area contributed by atoms with E-state index >= 15 is 0 Å². The van der Waals surface area contributed by atoms with Crippen molar-refractivity contribution in [3.63, 3.8) is 0 Å². The minimum Gasteiger partial charge on any atom is -0.493 e. The summed E-state index contributed by atoms with van der Waals surface area (Å²) in [6.45, 7) is 4.72. The summed E-state index contributed by atoms with van der Waals surface area (Å²) in [5.74, 6) is 1.42. The second-order valence-electron chi connectivity index (χ2n) is 8.78. The van der Waals surface area contributed by atoms with Gasteiger partial charge in [-0.05, 0) is 68.8 Å². The predicted octanol–water partition coefficient (Wildman–Crippen LogP) is 5.15. The van der Waals surface area contributed by atoms with E-state index in [4.69, 9.17) is 14.2 Å². The molecule has 2 amide bonds. The average Bonchev–Trinajstić information content (AvgIpc) is 3.39. The topological polar surface area (TPSA) is 68.3 Å². The highest BCUT2D eigenvalue weighted by atomic mass is 16.5. The van der Waals surface area contributed by atoms with E-state index in [2.05, 4.69) is 11.8 Å². The largest absolute Gasteiger partial charge is 0.493 e. The molecular formula is C28H28N2O5. The van der Waals surface area contributed by atoms with E-state index in [1.54, 1.807) is 43.5 Å². The third-order valence-corrected chi connectivity index (χ3v) is 6.57. The number of imide groups is 1. The molecule has 2 aliphatic heterocycles. The van der Waals surface area contributed by atoms with Crippen LogP contribution in [0.15, 0.2) is 66.7 Å². The number of hydrogen-bond donors (Lipinski definition) is 0. The molecule has 1 saturated heterocycles. The Hall–Kier alpha value is -3.84. The molecule has 0 saturated carbocycles. The zero-order valence-corrected chi connectivity index (χ0v) is 19.9. The van der Waals surface area contributed by atoms with Gasteiger partial charge in [-0.3, -0.25) is 14.5 Å². The van der Waals surface area contributed by atoms with Crippen LogP contribution in [0.5, 0.6) is 23.0 Å². The van der Waals surface area contributed by atoms with Crippen LogP contribution in [-0.2, 0) is 0 Å². The molecule has 180 valence electrons. The van der Waals surface area contributed by atoms with Crippen LogP contribution in [0.3, 0.4) is 0 Å². The fourth-order valence-corrected chi connectivity index (χ4v) is 4.65. The predicted molar refractivity (Wildman–Crippen MR) is 133 cm³/mol. The number of anilines is 1. The Morgan fingerprint density at radius 3 is 2.43 bits per heavy atom. The zero-order chi connectivity index (χ0) is 24.4. The van der Waals surface area contributed by atoms with Gasteiger partial charge in [-0.1, -0.05) is 18.2 Å². The lowest BCUT2D eigenvalue weighted by Crippen LogP contribution is -2.31. The fourth-order valence-electron chi connectivity index (χ4n) is 4.65. The number of para-hydroxylation sites is 1. The van der Waals surface area contributed by atoms with Gasteiger partial charge in [0, 0.05) is 18.7 Å². The quantitative estimate of drug-likeness (QED) is 0.423. The fraction of sp³-hybridized carbons (Fsp3) is 0.286. The molecule has 3 aromatic rings. The first kappa shape index (κ1) is 22.9. The van der Waals surface area contributed by atoms with Gasteiger partial charge in [-0.15, -0.1) is 0 Å². The van der Waals surface area contributed by atoms with Crippen molar-refractivity contribution in [2.75, 3.05) is 31.7 Å². The summed E-state index contributed by atoms with van der Waals surface area (Å²) >= 11 is 0. The van der Waals surface area contributed by atoms with Gasteiger partial charge in [-0.2, -0.15) is 0 Å². The second-order valence-corrected chi connectivity index (χ2v) is 8.78. The lowest BCUT2D eigenvalue weighted by Gasteiger charge is -2.21. The van der Waals surface area contributed by atoms with Crippen LogP contribution in [0.2, 0.25) is 0 Å². The first-order valence-corrected chi connectivity index (χ1v) is 11.9. The molecule has 5 rings (SSSR count). The Morgan fingerprint density at radius 1 is 0.886 bits per heavy atom. The van der Waals surface area contributed by atoms with Crippen LogP contribution < -0.4 is 19.1 Å². The molecule has 7 nitrogen and oxygen atoms in total. The molecule has 1 fully saturated rings. The molecule has 1 unspecified atom stereocenters. The summed E-state index contributed by atoms with van der Waals surface area (Å²) in [7, 11) is 1.55. The van der Waals surface area contributed by atoms with Gasteiger partial charge in [0.2, 0.25) is 0 Å². The normalized spacial score (nSPS) is 17.5. The Morgan fingerprint density at radius 2 is 1.69 bits per heavy atom. The first-order chi connectivity index (χ1) is 17.0. The minimum absolute atomic E-state index is 0.308. The van der Waals surface area contributed by atoms with Crippen molar-refractivity contribution >= 4 is 17.5 Å². The molecule has 0 N–H and O–H groups in total. The second kappa shape index (κ2) is 9.80. The van der Waals surface area contributed by atoms with Crippen molar-refractivity contribution in [1.82, 2.24) is 4.90 Å². The standard InChI is InChI=1S/C28H28N2O5/c1-19-7-6-14-29(19)15-16-34-25-13-10-20(17-26(25)33-2)30-27(31)23-12-11-22(18-24(23)28(30)32)35-21-8-4-3-5-9-21/h3-5,8-13,17-19H,6-7,14-16H2,1-2H3. The maximum Gasteiger partial charge on any atom is 0.266 e. The third kappa shape index (κ3) is 4.59. The number of ether oxygens (including phenoxy) is 3. The molecule has 0 bridgehead atoms. The monoisotopic (exact) mass is 472 g/mol. The molecule has 3 aromatic carbocycles. The van der Waals surface area contributed by atoms with Crippen molar-refractivity contribution < 1.29 is 23.8 Å². The van der Waals surface area contributed by atoms with Crippen molar-refractivity contribution in [2.24, 2.45) is 0 Å². The maximum absolute atomic E-state index is 13.2. The summed E-state index contributed by atoms with van der Waals surface area (Å²) in [5, 5.41) is 0. The van der Waals surface area contributed by atoms with Crippen molar-refractivity contribution in [3.05, 3.63) is 77.9 Å². The number of rotatable bonds is 8. The van der Waals surface area contributed by atoms with Crippen LogP contribution in [-0.4, -0.2) is 49.6 Å². The van der Waals surface area contributed by atoms with Crippen LogP contribution in [0, 0.1) is 0 Å². The molecule has 0 spiro atoms. The van der Waals surface area contributed by atoms with E-state index in [1.807, 2.05) is 30.3 Å². The molecular weight excluding hydrogens is 444 g/mol. The SMILES string of the molecule is COc1cc(N2C(=O)c3ccc(Oc4ccccc4)cc3C2=O)ccc1OCCN1CCCC1C. The van der Waals surface area contributed by atoms with Crippen molar-refractivity contribution in [2.45, 2.75) is 25.8 Å². The molecule has 35 heavy (non-hydrogen) atoms. The summed E-state index contributed by atoms with van der Waals surface area (Å²) < 4.78 is 17.3. The van der Waals surface area contributed by atoms with Crippen LogP contribution in [0.25, 0.3) is 0 Å². The minimum atomic E-state index is -0.401. The van der Waals surface area contributed by atoms with Crippen LogP contribution in [0.4, 0.5) is 5.69 Å². The Bertz CT molecular complexity index is 1240. The Kier molecular flexibility index (Phi) is 6.42. The van der Waals surface area contributed by atoms with Gasteiger partial charge in [-0.25, -0.2) is 4.90 Å². The summed E-state index contributed by atoms with van der Waals surface area (Å²) in [4.78, 5) is 29.9. The number of benzene rings is 3. The Labute approximate surface area is 204 Å². The maximum atomic E-state index is 13.2. The van der Waals surface area contributed by atoms with Crippen LogP contribution >= 0.6 is 0 Å². The lowest BCUT2D eigenvalue weighted by atomic mass is 10.1. The summed E-state index contributed by atoms with van der Waals surface area (Å²) in [5.41, 5.74) is 1.08. The third-order valence-electron chi connectivity index (χ3n) is 6.57. The van der Waals surface area contributed by atoms with Gasteiger partial charge in [0.05, 0.1) is 23.9 Å². The number of fused-ring (bicyclic) bond motifs is 1. The molecule has 0 aliphatic carbocycles. The highest BCUT2D eigenvalue weighted by Crippen LogP contribution is 2.37. The van der Waals surface area contributed by atoms with E-state index < -0.39 is 5.91 Å². The summed E-state index contributed by atoms with van der Waals surface area (Å²) in [6, 6.07) is 19.9. The highest BCUT2D eigenvalue weighted by molar-refractivity contribution is 6.34. The number of carbonyl (C=O) groups is 2. The molecule has 7 heteroatoms. The molecule has 2 aliphatic rings. The van der Waals surface area contributed by atoms with Gasteiger partial charge in [0.15, 0.2) is 11.5 Å². The molecule has 2 heterocycles. The van der Waals surface area contributed by atoms with Crippen molar-refractivity contribution in [3.8, 4) is 23.0 Å². The van der Waals surface area contributed by atoms with Gasteiger partial charge in [0.25, 0.3) is 11.8 Å². The molecule has 0 radical (unpaired) electrons. The summed E-state index contributed by atoms with van der Waals surface area (Å²) in [6.07, 6.45) is 2.44.